The maximum Gasteiger partial charge on any atom is 0.191 e. The molecule has 0 N–H and O–H groups in total. The average molecular weight is 533 g/mol. The molecule has 2 aliphatic rings. The third kappa shape index (κ3) is 4.19. The molecule has 0 amide bonds. The van der Waals surface area contributed by atoms with Crippen LogP contribution in [-0.2, 0) is 12.5 Å². The number of likely N-dealkylation sites (tertiary alicyclic amines) is 1. The minimum Gasteiger partial charge on any atom is -0.304 e. The van der Waals surface area contributed by atoms with Crippen molar-refractivity contribution in [2.75, 3.05) is 25.4 Å². The SMILES string of the molecule is Cc1nc(C)c(-c2nnc(SCCCN3C[C@H]4C[C@@]4(c4ccc5sc(C)nc5c4)C3)n2C)s1.Cl. The number of benzene rings is 1. The number of halogens is 1. The Kier molecular flexibility index (Phi) is 6.52. The van der Waals surface area contributed by atoms with Crippen molar-refractivity contribution >= 4 is 57.1 Å². The minimum atomic E-state index is 0. The quantitative estimate of drug-likeness (QED) is 0.226. The Morgan fingerprint density at radius 2 is 1.94 bits per heavy atom. The zero-order valence-corrected chi connectivity index (χ0v) is 23.1. The second-order valence-corrected chi connectivity index (χ2v) is 12.9. The van der Waals surface area contributed by atoms with Crippen LogP contribution in [0.2, 0.25) is 0 Å². The van der Waals surface area contributed by atoms with E-state index in [4.69, 9.17) is 4.98 Å². The van der Waals surface area contributed by atoms with Crippen molar-refractivity contribution in [1.82, 2.24) is 29.6 Å². The summed E-state index contributed by atoms with van der Waals surface area (Å²) in [6, 6.07) is 7.00. The van der Waals surface area contributed by atoms with Crippen molar-refractivity contribution < 1.29 is 0 Å². The molecule has 4 aromatic rings. The number of aromatic nitrogens is 5. The van der Waals surface area contributed by atoms with Gasteiger partial charge in [0.2, 0.25) is 0 Å². The fourth-order valence-corrected chi connectivity index (χ4v) is 7.97. The molecule has 1 aromatic carbocycles. The van der Waals surface area contributed by atoms with Gasteiger partial charge in [-0.05, 0) is 63.8 Å². The molecular weight excluding hydrogens is 504 g/mol. The fourth-order valence-electron chi connectivity index (χ4n) is 5.39. The number of thioether (sulfide) groups is 1. The number of thiazole rings is 2. The molecule has 1 aliphatic carbocycles. The van der Waals surface area contributed by atoms with Crippen LogP contribution in [0.3, 0.4) is 0 Å². The topological polar surface area (TPSA) is 59.7 Å². The largest absolute Gasteiger partial charge is 0.304 e. The van der Waals surface area contributed by atoms with Crippen LogP contribution in [0.1, 0.15) is 34.1 Å². The van der Waals surface area contributed by atoms with Gasteiger partial charge in [-0.15, -0.1) is 45.3 Å². The second-order valence-electron chi connectivity index (χ2n) is 9.42. The van der Waals surface area contributed by atoms with Crippen molar-refractivity contribution in [3.63, 3.8) is 0 Å². The van der Waals surface area contributed by atoms with E-state index in [9.17, 15) is 0 Å². The molecule has 1 saturated carbocycles. The van der Waals surface area contributed by atoms with Gasteiger partial charge < -0.3 is 9.47 Å². The summed E-state index contributed by atoms with van der Waals surface area (Å²) in [5.41, 5.74) is 4.09. The molecule has 1 aliphatic heterocycles. The number of hydrogen-bond donors (Lipinski definition) is 0. The summed E-state index contributed by atoms with van der Waals surface area (Å²) >= 11 is 5.29. The lowest BCUT2D eigenvalue weighted by Crippen LogP contribution is -2.27. The number of rotatable bonds is 7. The lowest BCUT2D eigenvalue weighted by Gasteiger charge is -2.21. The highest BCUT2D eigenvalue weighted by Gasteiger charge is 2.60. The highest BCUT2D eigenvalue weighted by Crippen LogP contribution is 2.59. The molecule has 4 heterocycles. The van der Waals surface area contributed by atoms with E-state index in [0.29, 0.717) is 5.41 Å². The lowest BCUT2D eigenvalue weighted by atomic mass is 9.95. The Bertz CT molecular complexity index is 1340. The first kappa shape index (κ1) is 24.2. The normalized spacial score (nSPS) is 21.7. The third-order valence-electron chi connectivity index (χ3n) is 7.08. The van der Waals surface area contributed by atoms with Gasteiger partial charge in [0.1, 0.15) is 0 Å². The number of aryl methyl sites for hydroxylation is 3. The van der Waals surface area contributed by atoms with Gasteiger partial charge in [0.05, 0.1) is 30.8 Å². The van der Waals surface area contributed by atoms with Crippen molar-refractivity contribution in [1.29, 1.82) is 0 Å². The Labute approximate surface area is 218 Å². The Morgan fingerprint density at radius 3 is 2.74 bits per heavy atom. The average Bonchev–Trinajstić information content (AvgIpc) is 3.15. The number of piperidine rings is 1. The van der Waals surface area contributed by atoms with Gasteiger partial charge in [0.15, 0.2) is 11.0 Å². The van der Waals surface area contributed by atoms with E-state index in [0.717, 1.165) is 49.8 Å². The van der Waals surface area contributed by atoms with Crippen LogP contribution in [0.15, 0.2) is 23.4 Å². The Morgan fingerprint density at radius 1 is 1.12 bits per heavy atom. The Hall–Kier alpha value is -1.52. The highest BCUT2D eigenvalue weighted by atomic mass is 35.5. The van der Waals surface area contributed by atoms with Gasteiger partial charge in [0.25, 0.3) is 0 Å². The summed E-state index contributed by atoms with van der Waals surface area (Å²) in [5, 5.41) is 12.1. The van der Waals surface area contributed by atoms with Crippen molar-refractivity contribution in [2.24, 2.45) is 13.0 Å². The van der Waals surface area contributed by atoms with E-state index < -0.39 is 0 Å². The third-order valence-corrected chi connectivity index (χ3v) is 10.2. The van der Waals surface area contributed by atoms with Gasteiger partial charge in [-0.25, -0.2) is 9.97 Å². The summed E-state index contributed by atoms with van der Waals surface area (Å²) in [6.45, 7) is 9.76. The van der Waals surface area contributed by atoms with Crippen molar-refractivity contribution in [3.8, 4) is 10.7 Å². The molecule has 6 rings (SSSR count). The predicted octanol–water partition coefficient (Wildman–Crippen LogP) is 5.65. The van der Waals surface area contributed by atoms with E-state index in [2.05, 4.69) is 56.8 Å². The van der Waals surface area contributed by atoms with Gasteiger partial charge in [-0.2, -0.15) is 0 Å². The van der Waals surface area contributed by atoms with E-state index >= 15 is 0 Å². The zero-order valence-electron chi connectivity index (χ0n) is 19.9. The van der Waals surface area contributed by atoms with Crippen molar-refractivity contribution in [3.05, 3.63) is 39.5 Å². The molecule has 1 saturated heterocycles. The smallest absolute Gasteiger partial charge is 0.191 e. The van der Waals surface area contributed by atoms with Crippen molar-refractivity contribution in [2.45, 2.75) is 44.2 Å². The van der Waals surface area contributed by atoms with Crippen LogP contribution in [0.25, 0.3) is 20.9 Å². The molecule has 0 spiro atoms. The zero-order chi connectivity index (χ0) is 22.7. The molecule has 10 heteroatoms. The van der Waals surface area contributed by atoms with Gasteiger partial charge in [0, 0.05) is 31.3 Å². The summed E-state index contributed by atoms with van der Waals surface area (Å²) in [4.78, 5) is 13.0. The maximum atomic E-state index is 4.72. The molecule has 6 nitrogen and oxygen atoms in total. The van der Waals surface area contributed by atoms with Crippen LogP contribution in [0, 0.1) is 26.7 Å². The molecule has 180 valence electrons. The van der Waals surface area contributed by atoms with E-state index in [-0.39, 0.29) is 12.4 Å². The van der Waals surface area contributed by atoms with E-state index in [1.165, 1.54) is 41.7 Å². The molecule has 0 unspecified atom stereocenters. The monoisotopic (exact) mass is 532 g/mol. The van der Waals surface area contributed by atoms with E-state index in [1.54, 1.807) is 22.7 Å². The second kappa shape index (κ2) is 9.17. The van der Waals surface area contributed by atoms with Crippen LogP contribution < -0.4 is 0 Å². The molecule has 0 bridgehead atoms. The van der Waals surface area contributed by atoms with Gasteiger partial charge in [-0.1, -0.05) is 17.8 Å². The van der Waals surface area contributed by atoms with Gasteiger partial charge >= 0.3 is 0 Å². The highest BCUT2D eigenvalue weighted by molar-refractivity contribution is 7.99. The van der Waals surface area contributed by atoms with Crippen LogP contribution in [0.4, 0.5) is 0 Å². The summed E-state index contributed by atoms with van der Waals surface area (Å²) in [7, 11) is 2.06. The lowest BCUT2D eigenvalue weighted by molar-refractivity contribution is 0.299. The molecule has 2 atom stereocenters. The number of hydrogen-bond acceptors (Lipinski definition) is 8. The standard InChI is InChI=1S/C24H28N6S3.ClH/c1-14-21(33-15(2)25-14)22-27-28-23(29(22)4)31-9-5-8-30-12-18-11-24(18,13-30)17-6-7-20-19(10-17)26-16(3)32-20;/h6-7,10,18H,5,8-9,11-13H2,1-4H3;1H/t18-,24+;/m1./s1. The van der Waals surface area contributed by atoms with E-state index in [1.807, 2.05) is 25.6 Å². The number of nitrogens with zero attached hydrogens (tertiary/aromatic N) is 6. The molecule has 0 radical (unpaired) electrons. The number of fused-ring (bicyclic) bond motifs is 2. The molecule has 34 heavy (non-hydrogen) atoms. The maximum absolute atomic E-state index is 4.72. The van der Waals surface area contributed by atoms with Crippen LogP contribution >= 0.6 is 46.8 Å². The fraction of sp³-hybridized carbons (Fsp3) is 0.500. The minimum absolute atomic E-state index is 0. The summed E-state index contributed by atoms with van der Waals surface area (Å²) < 4.78 is 3.42. The first-order valence-electron chi connectivity index (χ1n) is 11.5. The molecular formula is C24H29ClN6S3. The molecule has 2 fully saturated rings. The first-order chi connectivity index (χ1) is 15.9. The van der Waals surface area contributed by atoms with Crippen LogP contribution in [0.5, 0.6) is 0 Å². The van der Waals surface area contributed by atoms with Crippen LogP contribution in [-0.4, -0.2) is 55.0 Å². The predicted molar refractivity (Wildman–Crippen MR) is 145 cm³/mol. The van der Waals surface area contributed by atoms with Gasteiger partial charge in [-0.3, -0.25) is 0 Å². The summed E-state index contributed by atoms with van der Waals surface area (Å²) in [6.07, 6.45) is 2.50. The Balaban J connectivity index is 0.00000241. The summed E-state index contributed by atoms with van der Waals surface area (Å²) in [5.74, 6) is 2.80. The first-order valence-corrected chi connectivity index (χ1v) is 14.1. The molecule has 3 aromatic heterocycles.